The lowest BCUT2D eigenvalue weighted by atomic mass is 10.1. The zero-order chi connectivity index (χ0) is 13.1. The maximum absolute atomic E-state index is 12.2. The second-order valence-corrected chi connectivity index (χ2v) is 4.90. The van der Waals surface area contributed by atoms with E-state index < -0.39 is 0 Å². The second-order valence-electron chi connectivity index (χ2n) is 4.90. The molecule has 6 heteroatoms. The van der Waals surface area contributed by atoms with Gasteiger partial charge in [-0.25, -0.2) is 0 Å². The van der Waals surface area contributed by atoms with Crippen LogP contribution >= 0.6 is 12.4 Å². The number of aromatic nitrogens is 1. The SMILES string of the molecule is CC1CC(CN)CN1C(=O)Cn1ccccc1=O.Cl. The summed E-state index contributed by atoms with van der Waals surface area (Å²) in [5, 5.41) is 0. The molecule has 106 valence electrons. The summed E-state index contributed by atoms with van der Waals surface area (Å²) < 4.78 is 1.44. The second kappa shape index (κ2) is 6.73. The van der Waals surface area contributed by atoms with Gasteiger partial charge in [0.15, 0.2) is 0 Å². The molecule has 0 aromatic carbocycles. The fraction of sp³-hybridized carbons (Fsp3) is 0.538. The number of amides is 1. The predicted octanol–water partition coefficient (Wildman–Crippen LogP) is 0.466. The van der Waals surface area contributed by atoms with E-state index in [0.717, 1.165) is 6.42 Å². The highest BCUT2D eigenvalue weighted by Gasteiger charge is 2.31. The number of carbonyl (C=O) groups is 1. The van der Waals surface area contributed by atoms with Crippen LogP contribution < -0.4 is 11.3 Å². The average Bonchev–Trinajstić information content (AvgIpc) is 2.73. The largest absolute Gasteiger partial charge is 0.338 e. The minimum absolute atomic E-state index is 0. The monoisotopic (exact) mass is 285 g/mol. The molecule has 2 atom stereocenters. The zero-order valence-corrected chi connectivity index (χ0v) is 11.8. The van der Waals surface area contributed by atoms with Crippen molar-refractivity contribution in [3.05, 3.63) is 34.7 Å². The topological polar surface area (TPSA) is 68.3 Å². The van der Waals surface area contributed by atoms with E-state index in [1.165, 1.54) is 10.6 Å². The molecular formula is C13H20ClN3O2. The van der Waals surface area contributed by atoms with E-state index >= 15 is 0 Å². The fourth-order valence-corrected chi connectivity index (χ4v) is 2.49. The number of hydrogen-bond acceptors (Lipinski definition) is 3. The Bertz CT molecular complexity index is 489. The molecule has 1 aliphatic rings. The molecule has 2 unspecified atom stereocenters. The van der Waals surface area contributed by atoms with Crippen molar-refractivity contribution in [3.8, 4) is 0 Å². The highest BCUT2D eigenvalue weighted by molar-refractivity contribution is 5.85. The van der Waals surface area contributed by atoms with Crippen molar-refractivity contribution in [1.29, 1.82) is 0 Å². The molecule has 0 aliphatic carbocycles. The van der Waals surface area contributed by atoms with Crippen LogP contribution in [-0.2, 0) is 11.3 Å². The van der Waals surface area contributed by atoms with Gasteiger partial charge >= 0.3 is 0 Å². The molecular weight excluding hydrogens is 266 g/mol. The molecule has 0 spiro atoms. The van der Waals surface area contributed by atoms with E-state index in [2.05, 4.69) is 0 Å². The Morgan fingerprint density at radius 2 is 2.21 bits per heavy atom. The lowest BCUT2D eigenvalue weighted by Crippen LogP contribution is -2.38. The molecule has 0 radical (unpaired) electrons. The first kappa shape index (κ1) is 15.7. The molecule has 2 heterocycles. The molecule has 1 fully saturated rings. The molecule has 0 bridgehead atoms. The molecule has 1 aliphatic heterocycles. The first-order valence-corrected chi connectivity index (χ1v) is 6.27. The Kier molecular flexibility index (Phi) is 5.57. The van der Waals surface area contributed by atoms with Gasteiger partial charge in [-0.2, -0.15) is 0 Å². The number of rotatable bonds is 3. The third-order valence-corrected chi connectivity index (χ3v) is 3.52. The summed E-state index contributed by atoms with van der Waals surface area (Å²) in [6, 6.07) is 5.10. The van der Waals surface area contributed by atoms with Crippen LogP contribution in [-0.4, -0.2) is 34.5 Å². The predicted molar refractivity (Wildman–Crippen MR) is 76.3 cm³/mol. The van der Waals surface area contributed by atoms with Crippen molar-refractivity contribution < 1.29 is 4.79 Å². The smallest absolute Gasteiger partial charge is 0.250 e. The standard InChI is InChI=1S/C13H19N3O2.ClH/c1-10-6-11(7-14)8-16(10)13(18)9-15-5-3-2-4-12(15)17;/h2-5,10-11H,6-9,14H2,1H3;1H. The van der Waals surface area contributed by atoms with Crippen molar-refractivity contribution in [2.45, 2.75) is 25.9 Å². The molecule has 2 N–H and O–H groups in total. The van der Waals surface area contributed by atoms with E-state index in [9.17, 15) is 9.59 Å². The molecule has 19 heavy (non-hydrogen) atoms. The summed E-state index contributed by atoms with van der Waals surface area (Å²) in [7, 11) is 0. The van der Waals surface area contributed by atoms with E-state index in [1.54, 1.807) is 18.3 Å². The van der Waals surface area contributed by atoms with Crippen molar-refractivity contribution >= 4 is 18.3 Å². The molecule has 1 aromatic rings. The van der Waals surface area contributed by atoms with Crippen LogP contribution in [0.15, 0.2) is 29.2 Å². The zero-order valence-electron chi connectivity index (χ0n) is 11.0. The highest BCUT2D eigenvalue weighted by Crippen LogP contribution is 2.22. The van der Waals surface area contributed by atoms with Crippen molar-refractivity contribution in [2.24, 2.45) is 11.7 Å². The summed E-state index contributed by atoms with van der Waals surface area (Å²) in [5.41, 5.74) is 5.50. The van der Waals surface area contributed by atoms with Gasteiger partial charge in [0.25, 0.3) is 5.56 Å². The number of likely N-dealkylation sites (tertiary alicyclic amines) is 1. The van der Waals surface area contributed by atoms with Gasteiger partial charge in [-0.15, -0.1) is 12.4 Å². The lowest BCUT2D eigenvalue weighted by Gasteiger charge is -2.21. The first-order valence-electron chi connectivity index (χ1n) is 6.27. The van der Waals surface area contributed by atoms with Gasteiger partial charge in [-0.3, -0.25) is 9.59 Å². The van der Waals surface area contributed by atoms with Gasteiger partial charge in [0.05, 0.1) is 0 Å². The van der Waals surface area contributed by atoms with Gasteiger partial charge in [0.1, 0.15) is 6.54 Å². The number of halogens is 1. The summed E-state index contributed by atoms with van der Waals surface area (Å²) >= 11 is 0. The Balaban J connectivity index is 0.00000180. The van der Waals surface area contributed by atoms with Crippen LogP contribution in [0.2, 0.25) is 0 Å². The van der Waals surface area contributed by atoms with Crippen molar-refractivity contribution in [3.63, 3.8) is 0 Å². The molecule has 1 saturated heterocycles. The van der Waals surface area contributed by atoms with Gasteiger partial charge in [0.2, 0.25) is 5.91 Å². The maximum atomic E-state index is 12.2. The minimum Gasteiger partial charge on any atom is -0.338 e. The number of nitrogens with two attached hydrogens (primary N) is 1. The number of carbonyl (C=O) groups excluding carboxylic acids is 1. The molecule has 0 saturated carbocycles. The Hall–Kier alpha value is -1.33. The van der Waals surface area contributed by atoms with Crippen LogP contribution in [0, 0.1) is 5.92 Å². The van der Waals surface area contributed by atoms with Crippen LogP contribution in [0.3, 0.4) is 0 Å². The van der Waals surface area contributed by atoms with Crippen LogP contribution in [0.5, 0.6) is 0 Å². The average molecular weight is 286 g/mol. The van der Waals surface area contributed by atoms with Crippen molar-refractivity contribution in [2.75, 3.05) is 13.1 Å². The highest BCUT2D eigenvalue weighted by atomic mass is 35.5. The van der Waals surface area contributed by atoms with E-state index in [0.29, 0.717) is 19.0 Å². The number of hydrogen-bond donors (Lipinski definition) is 1. The van der Waals surface area contributed by atoms with Crippen molar-refractivity contribution in [1.82, 2.24) is 9.47 Å². The van der Waals surface area contributed by atoms with E-state index in [1.807, 2.05) is 11.8 Å². The van der Waals surface area contributed by atoms with Crippen LogP contribution in [0.4, 0.5) is 0 Å². The third-order valence-electron chi connectivity index (χ3n) is 3.52. The van der Waals surface area contributed by atoms with E-state index in [-0.39, 0.29) is 36.5 Å². The Labute approximate surface area is 118 Å². The molecule has 1 amide bonds. The summed E-state index contributed by atoms with van der Waals surface area (Å²) in [6.07, 6.45) is 2.59. The van der Waals surface area contributed by atoms with Gasteiger partial charge < -0.3 is 15.2 Å². The first-order chi connectivity index (χ1) is 8.61. The Morgan fingerprint density at radius 1 is 1.47 bits per heavy atom. The summed E-state index contributed by atoms with van der Waals surface area (Å²) in [5.74, 6) is 0.378. The van der Waals surface area contributed by atoms with Crippen LogP contribution in [0.1, 0.15) is 13.3 Å². The quantitative estimate of drug-likeness (QED) is 0.878. The van der Waals surface area contributed by atoms with E-state index in [4.69, 9.17) is 5.73 Å². The van der Waals surface area contributed by atoms with Gasteiger partial charge in [-0.05, 0) is 31.9 Å². The van der Waals surface area contributed by atoms with Gasteiger partial charge in [0, 0.05) is 24.8 Å². The molecule has 5 nitrogen and oxygen atoms in total. The molecule has 2 rings (SSSR count). The normalized spacial score (nSPS) is 22.1. The third kappa shape index (κ3) is 3.58. The van der Waals surface area contributed by atoms with Gasteiger partial charge in [-0.1, -0.05) is 6.07 Å². The summed E-state index contributed by atoms with van der Waals surface area (Å²) in [4.78, 5) is 25.5. The van der Waals surface area contributed by atoms with Crippen LogP contribution in [0.25, 0.3) is 0 Å². The number of pyridine rings is 1. The summed E-state index contributed by atoms with van der Waals surface area (Å²) in [6.45, 7) is 3.46. The molecule has 1 aromatic heterocycles. The number of nitrogens with zero attached hydrogens (tertiary/aromatic N) is 2. The Morgan fingerprint density at radius 3 is 2.79 bits per heavy atom. The maximum Gasteiger partial charge on any atom is 0.250 e. The lowest BCUT2D eigenvalue weighted by molar-refractivity contribution is -0.132. The minimum atomic E-state index is -0.145. The fourth-order valence-electron chi connectivity index (χ4n) is 2.49.